The number of carboxylic acid groups (broad SMARTS) is 1. The molecule has 1 fully saturated rings. The van der Waals surface area contributed by atoms with Gasteiger partial charge in [-0.1, -0.05) is 0 Å². The monoisotopic (exact) mass is 284 g/mol. The average Bonchev–Trinajstić information content (AvgIpc) is 2.87. The molecule has 1 amide bonds. The summed E-state index contributed by atoms with van der Waals surface area (Å²) in [5.74, 6) is -1.16. The van der Waals surface area contributed by atoms with Crippen LogP contribution >= 0.6 is 0 Å². The van der Waals surface area contributed by atoms with Crippen LogP contribution in [-0.2, 0) is 9.59 Å². The van der Waals surface area contributed by atoms with Crippen molar-refractivity contribution >= 4 is 11.9 Å². The third-order valence-electron chi connectivity index (χ3n) is 4.27. The van der Waals surface area contributed by atoms with Gasteiger partial charge in [0.1, 0.15) is 0 Å². The summed E-state index contributed by atoms with van der Waals surface area (Å²) in [7, 11) is 2.10. The maximum Gasteiger partial charge on any atom is 0.306 e. The Hall–Kier alpha value is -1.10. The van der Waals surface area contributed by atoms with Crippen molar-refractivity contribution in [2.75, 3.05) is 20.1 Å². The summed E-state index contributed by atoms with van der Waals surface area (Å²) in [4.78, 5) is 25.0. The normalized spacial score (nSPS) is 22.4. The highest BCUT2D eigenvalue weighted by atomic mass is 16.4. The van der Waals surface area contributed by atoms with Crippen molar-refractivity contribution in [1.29, 1.82) is 0 Å². The number of nitrogens with one attached hydrogen (secondary N) is 1. The zero-order valence-electron chi connectivity index (χ0n) is 12.9. The van der Waals surface area contributed by atoms with Gasteiger partial charge in [0.15, 0.2) is 0 Å². The van der Waals surface area contributed by atoms with E-state index in [-0.39, 0.29) is 17.7 Å². The van der Waals surface area contributed by atoms with E-state index in [1.54, 1.807) is 0 Å². The maximum atomic E-state index is 11.9. The molecule has 0 bridgehead atoms. The fourth-order valence-corrected chi connectivity index (χ4v) is 2.54. The first kappa shape index (κ1) is 17.0. The van der Waals surface area contributed by atoms with Crippen LogP contribution in [0.4, 0.5) is 0 Å². The minimum atomic E-state index is -0.767. The summed E-state index contributed by atoms with van der Waals surface area (Å²) in [6, 6.07) is 0.552. The van der Waals surface area contributed by atoms with Crippen molar-refractivity contribution in [3.05, 3.63) is 0 Å². The molecule has 0 aromatic heterocycles. The SMILES string of the molecule is CC(C)N(C)CCCCNC(=O)C1CCC(C(=O)O)C1. The molecule has 0 aromatic carbocycles. The highest BCUT2D eigenvalue weighted by Gasteiger charge is 2.33. The van der Waals surface area contributed by atoms with Crippen molar-refractivity contribution in [2.24, 2.45) is 11.8 Å². The lowest BCUT2D eigenvalue weighted by Crippen LogP contribution is -2.31. The Labute approximate surface area is 121 Å². The van der Waals surface area contributed by atoms with Gasteiger partial charge in [0, 0.05) is 18.5 Å². The molecule has 0 aromatic rings. The molecule has 2 N–H and O–H groups in total. The van der Waals surface area contributed by atoms with Crippen LogP contribution in [0.1, 0.15) is 46.0 Å². The first-order valence-electron chi connectivity index (χ1n) is 7.62. The summed E-state index contributed by atoms with van der Waals surface area (Å²) in [6.07, 6.45) is 3.87. The third-order valence-corrected chi connectivity index (χ3v) is 4.27. The van der Waals surface area contributed by atoms with Gasteiger partial charge >= 0.3 is 5.97 Å². The van der Waals surface area contributed by atoms with Gasteiger partial charge in [-0.2, -0.15) is 0 Å². The Morgan fingerprint density at radius 1 is 1.25 bits per heavy atom. The van der Waals surface area contributed by atoms with E-state index in [9.17, 15) is 9.59 Å². The van der Waals surface area contributed by atoms with Crippen molar-refractivity contribution in [2.45, 2.75) is 52.0 Å². The summed E-state index contributed by atoms with van der Waals surface area (Å²) in [5, 5.41) is 11.9. The molecule has 116 valence electrons. The van der Waals surface area contributed by atoms with Gasteiger partial charge in [0.2, 0.25) is 5.91 Å². The van der Waals surface area contributed by atoms with Crippen molar-refractivity contribution in [3.63, 3.8) is 0 Å². The number of carboxylic acids is 1. The van der Waals surface area contributed by atoms with Gasteiger partial charge in [-0.15, -0.1) is 0 Å². The average molecular weight is 284 g/mol. The molecule has 20 heavy (non-hydrogen) atoms. The van der Waals surface area contributed by atoms with Crippen LogP contribution in [0.5, 0.6) is 0 Å². The molecule has 0 aliphatic heterocycles. The lowest BCUT2D eigenvalue weighted by Gasteiger charge is -2.20. The van der Waals surface area contributed by atoms with Crippen LogP contribution in [0, 0.1) is 11.8 Å². The van der Waals surface area contributed by atoms with Gasteiger partial charge in [0.25, 0.3) is 0 Å². The van der Waals surface area contributed by atoms with Gasteiger partial charge in [-0.25, -0.2) is 0 Å². The second kappa shape index (κ2) is 8.25. The molecule has 0 spiro atoms. The van der Waals surface area contributed by atoms with E-state index in [1.165, 1.54) is 0 Å². The first-order chi connectivity index (χ1) is 9.41. The van der Waals surface area contributed by atoms with Crippen LogP contribution in [0.3, 0.4) is 0 Å². The maximum absolute atomic E-state index is 11.9. The van der Waals surface area contributed by atoms with Gasteiger partial charge < -0.3 is 15.3 Å². The lowest BCUT2D eigenvalue weighted by atomic mass is 10.0. The van der Waals surface area contributed by atoms with E-state index >= 15 is 0 Å². The first-order valence-corrected chi connectivity index (χ1v) is 7.62. The molecular formula is C15H28N2O3. The molecular weight excluding hydrogens is 256 g/mol. The van der Waals surface area contributed by atoms with Crippen molar-refractivity contribution < 1.29 is 14.7 Å². The highest BCUT2D eigenvalue weighted by molar-refractivity contribution is 5.80. The van der Waals surface area contributed by atoms with Crippen LogP contribution in [-0.4, -0.2) is 48.1 Å². The third kappa shape index (κ3) is 5.49. The molecule has 1 rings (SSSR count). The van der Waals surface area contributed by atoms with E-state index in [4.69, 9.17) is 5.11 Å². The fourth-order valence-electron chi connectivity index (χ4n) is 2.54. The fraction of sp³-hybridized carbons (Fsp3) is 0.867. The number of nitrogens with zero attached hydrogens (tertiary/aromatic N) is 1. The standard InChI is InChI=1S/C15H28N2O3/c1-11(2)17(3)9-5-4-8-16-14(18)12-6-7-13(10-12)15(19)20/h11-13H,4-10H2,1-3H3,(H,16,18)(H,19,20). The Morgan fingerprint density at radius 3 is 2.45 bits per heavy atom. The Kier molecular flexibility index (Phi) is 6.99. The molecule has 2 atom stereocenters. The topological polar surface area (TPSA) is 69.6 Å². The smallest absolute Gasteiger partial charge is 0.306 e. The number of unbranched alkanes of at least 4 members (excludes halogenated alkanes) is 1. The zero-order valence-corrected chi connectivity index (χ0v) is 12.9. The second-order valence-electron chi connectivity index (χ2n) is 6.12. The molecule has 0 heterocycles. The lowest BCUT2D eigenvalue weighted by molar-refractivity contribution is -0.141. The zero-order chi connectivity index (χ0) is 15.1. The predicted molar refractivity (Wildman–Crippen MR) is 78.5 cm³/mol. The van der Waals surface area contributed by atoms with E-state index in [2.05, 4.69) is 31.1 Å². The quantitative estimate of drug-likeness (QED) is 0.666. The van der Waals surface area contributed by atoms with Crippen LogP contribution < -0.4 is 5.32 Å². The number of carbonyl (C=O) groups is 2. The van der Waals surface area contributed by atoms with E-state index < -0.39 is 5.97 Å². The molecule has 0 saturated heterocycles. The number of hydrogen-bond acceptors (Lipinski definition) is 3. The number of aliphatic carboxylic acids is 1. The largest absolute Gasteiger partial charge is 0.481 e. The second-order valence-corrected chi connectivity index (χ2v) is 6.12. The molecule has 5 heteroatoms. The summed E-state index contributed by atoms with van der Waals surface area (Å²) >= 11 is 0. The Bertz CT molecular complexity index is 331. The summed E-state index contributed by atoms with van der Waals surface area (Å²) in [5.41, 5.74) is 0. The van der Waals surface area contributed by atoms with Gasteiger partial charge in [0.05, 0.1) is 5.92 Å². The minimum Gasteiger partial charge on any atom is -0.481 e. The predicted octanol–water partition coefficient (Wildman–Crippen LogP) is 1.72. The molecule has 1 aliphatic rings. The Morgan fingerprint density at radius 2 is 1.90 bits per heavy atom. The minimum absolute atomic E-state index is 0.0333. The van der Waals surface area contributed by atoms with Crippen LogP contribution in [0.2, 0.25) is 0 Å². The number of rotatable bonds is 8. The summed E-state index contributed by atoms with van der Waals surface area (Å²) < 4.78 is 0. The van der Waals surface area contributed by atoms with E-state index in [0.29, 0.717) is 31.8 Å². The van der Waals surface area contributed by atoms with Crippen molar-refractivity contribution in [3.8, 4) is 0 Å². The van der Waals surface area contributed by atoms with Gasteiger partial charge in [-0.05, 0) is 59.5 Å². The number of amides is 1. The highest BCUT2D eigenvalue weighted by Crippen LogP contribution is 2.31. The van der Waals surface area contributed by atoms with E-state index in [1.807, 2.05) is 0 Å². The van der Waals surface area contributed by atoms with Crippen molar-refractivity contribution in [1.82, 2.24) is 10.2 Å². The van der Waals surface area contributed by atoms with Gasteiger partial charge in [-0.3, -0.25) is 9.59 Å². The van der Waals surface area contributed by atoms with E-state index in [0.717, 1.165) is 19.4 Å². The van der Waals surface area contributed by atoms with Crippen LogP contribution in [0.15, 0.2) is 0 Å². The molecule has 1 aliphatic carbocycles. The summed E-state index contributed by atoms with van der Waals surface area (Å²) in [6.45, 7) is 6.07. The molecule has 2 unspecified atom stereocenters. The molecule has 0 radical (unpaired) electrons. The van der Waals surface area contributed by atoms with Crippen LogP contribution in [0.25, 0.3) is 0 Å². The molecule has 5 nitrogen and oxygen atoms in total. The molecule has 1 saturated carbocycles. The Balaban J connectivity index is 2.11. The number of hydrogen-bond donors (Lipinski definition) is 2. The number of carbonyl (C=O) groups excluding carboxylic acids is 1.